The van der Waals surface area contributed by atoms with Gasteiger partial charge in [-0.25, -0.2) is 8.42 Å². The van der Waals surface area contributed by atoms with Gasteiger partial charge in [-0.2, -0.15) is 0 Å². The molecule has 4 rings (SSSR count). The van der Waals surface area contributed by atoms with Crippen LogP contribution in [0.1, 0.15) is 28.0 Å². The Morgan fingerprint density at radius 2 is 1.79 bits per heavy atom. The quantitative estimate of drug-likeness (QED) is 0.713. The maximum Gasteiger partial charge on any atom is 0.264 e. The van der Waals surface area contributed by atoms with E-state index in [0.717, 1.165) is 30.5 Å². The summed E-state index contributed by atoms with van der Waals surface area (Å²) in [6.45, 7) is 0. The summed E-state index contributed by atoms with van der Waals surface area (Å²) in [6.07, 6.45) is 2.69. The third-order valence-electron chi connectivity index (χ3n) is 4.83. The summed E-state index contributed by atoms with van der Waals surface area (Å²) in [7, 11) is -2.22. The van der Waals surface area contributed by atoms with Gasteiger partial charge in [-0.05, 0) is 55.7 Å². The fourth-order valence-corrected chi connectivity index (χ4v) is 4.41. The highest BCUT2D eigenvalue weighted by Crippen LogP contribution is 2.29. The van der Waals surface area contributed by atoms with Crippen LogP contribution in [0.5, 0.6) is 0 Å². The van der Waals surface area contributed by atoms with Gasteiger partial charge in [-0.1, -0.05) is 23.4 Å². The Labute approximate surface area is 163 Å². The highest BCUT2D eigenvalue weighted by Gasteiger charge is 2.24. The van der Waals surface area contributed by atoms with Crippen molar-refractivity contribution >= 4 is 27.5 Å². The number of benzene rings is 2. The number of fused-ring (bicyclic) bond motifs is 1. The molecule has 0 bridgehead atoms. The van der Waals surface area contributed by atoms with Gasteiger partial charge in [0.2, 0.25) is 5.88 Å². The number of hydrogen-bond donors (Lipinski definition) is 1. The van der Waals surface area contributed by atoms with E-state index in [4.69, 9.17) is 4.52 Å². The van der Waals surface area contributed by atoms with Gasteiger partial charge in [0.15, 0.2) is 0 Å². The number of para-hydroxylation sites is 1. The topological polar surface area (TPSA) is 92.5 Å². The molecule has 0 aliphatic heterocycles. The molecule has 1 N–H and O–H groups in total. The van der Waals surface area contributed by atoms with Gasteiger partial charge in [-0.3, -0.25) is 14.4 Å². The third kappa shape index (κ3) is 3.27. The van der Waals surface area contributed by atoms with Crippen molar-refractivity contribution in [1.82, 2.24) is 5.16 Å². The van der Waals surface area contributed by atoms with E-state index in [-0.39, 0.29) is 10.8 Å². The summed E-state index contributed by atoms with van der Waals surface area (Å²) in [6, 6.07) is 14.6. The Morgan fingerprint density at radius 1 is 1.07 bits per heavy atom. The number of nitrogens with zero attached hydrogens (tertiary/aromatic N) is 2. The lowest BCUT2D eigenvalue weighted by atomic mass is 10.2. The lowest BCUT2D eigenvalue weighted by Gasteiger charge is -2.19. The smallest absolute Gasteiger partial charge is 0.264 e. The second kappa shape index (κ2) is 7.12. The third-order valence-corrected chi connectivity index (χ3v) is 6.63. The highest BCUT2D eigenvalue weighted by atomic mass is 32.2. The van der Waals surface area contributed by atoms with Crippen molar-refractivity contribution in [3.63, 3.8) is 0 Å². The van der Waals surface area contributed by atoms with Crippen LogP contribution < -0.4 is 9.62 Å². The van der Waals surface area contributed by atoms with Crippen molar-refractivity contribution in [2.24, 2.45) is 0 Å². The molecule has 7 nitrogen and oxygen atoms in total. The molecule has 144 valence electrons. The molecule has 1 heterocycles. The van der Waals surface area contributed by atoms with Gasteiger partial charge < -0.3 is 4.52 Å². The number of amides is 1. The van der Waals surface area contributed by atoms with E-state index in [1.165, 1.54) is 35.6 Å². The summed E-state index contributed by atoms with van der Waals surface area (Å²) < 4.78 is 32.0. The molecule has 0 fully saturated rings. The lowest BCUT2D eigenvalue weighted by Crippen LogP contribution is -2.26. The molecule has 1 aromatic heterocycles. The molecule has 2 aromatic carbocycles. The normalized spacial score (nSPS) is 13.2. The SMILES string of the molecule is CN(c1ccccc1)S(=O)(=O)c1ccc(C(=O)Nc2onc3c2CCC3)cc1. The number of hydrogen-bond acceptors (Lipinski definition) is 5. The van der Waals surface area contributed by atoms with Gasteiger partial charge in [0.25, 0.3) is 15.9 Å². The Hall–Kier alpha value is -3.13. The van der Waals surface area contributed by atoms with E-state index in [0.29, 0.717) is 17.1 Å². The molecule has 1 aliphatic rings. The Bertz CT molecular complexity index is 1110. The summed E-state index contributed by atoms with van der Waals surface area (Å²) in [5.41, 5.74) is 2.73. The minimum absolute atomic E-state index is 0.107. The monoisotopic (exact) mass is 397 g/mol. The van der Waals surface area contributed by atoms with Crippen LogP contribution in [0.3, 0.4) is 0 Å². The summed E-state index contributed by atoms with van der Waals surface area (Å²) in [4.78, 5) is 12.6. The molecule has 0 atom stereocenters. The number of aryl methyl sites for hydroxylation is 1. The molecule has 0 unspecified atom stereocenters. The molecular formula is C20H19N3O4S. The van der Waals surface area contributed by atoms with E-state index in [9.17, 15) is 13.2 Å². The van der Waals surface area contributed by atoms with Crippen LogP contribution in [-0.2, 0) is 22.9 Å². The number of nitrogens with one attached hydrogen (secondary N) is 1. The van der Waals surface area contributed by atoms with Gasteiger partial charge in [0.05, 0.1) is 16.3 Å². The van der Waals surface area contributed by atoms with Crippen molar-refractivity contribution in [2.45, 2.75) is 24.2 Å². The predicted octanol–water partition coefficient (Wildman–Crippen LogP) is 3.24. The standard InChI is InChI=1S/C20H19N3O4S/c1-23(15-6-3-2-4-7-15)28(25,26)16-12-10-14(11-13-16)19(24)21-20-17-8-5-9-18(17)22-27-20/h2-4,6-7,10-13H,5,8-9H2,1H3,(H,21,24). The number of sulfonamides is 1. The first-order valence-electron chi connectivity index (χ1n) is 8.89. The molecule has 0 saturated carbocycles. The fourth-order valence-electron chi connectivity index (χ4n) is 3.22. The molecule has 8 heteroatoms. The average molecular weight is 397 g/mol. The van der Waals surface area contributed by atoms with Crippen LogP contribution >= 0.6 is 0 Å². The lowest BCUT2D eigenvalue weighted by molar-refractivity contribution is 0.102. The summed E-state index contributed by atoms with van der Waals surface area (Å²) in [5.74, 6) is 0.00391. The molecule has 3 aromatic rings. The number of anilines is 2. The Kier molecular flexibility index (Phi) is 4.64. The molecule has 0 spiro atoms. The number of aromatic nitrogens is 1. The number of carbonyl (C=O) groups is 1. The van der Waals surface area contributed by atoms with Crippen LogP contribution in [0.25, 0.3) is 0 Å². The molecule has 1 aliphatic carbocycles. The predicted molar refractivity (Wildman–Crippen MR) is 105 cm³/mol. The first-order valence-corrected chi connectivity index (χ1v) is 10.3. The van der Waals surface area contributed by atoms with Crippen LogP contribution in [-0.4, -0.2) is 26.5 Å². The molecule has 1 amide bonds. The van der Waals surface area contributed by atoms with E-state index in [1.807, 2.05) is 6.07 Å². The number of rotatable bonds is 5. The Morgan fingerprint density at radius 3 is 2.50 bits per heavy atom. The van der Waals surface area contributed by atoms with E-state index in [1.54, 1.807) is 24.3 Å². The number of carbonyl (C=O) groups excluding carboxylic acids is 1. The zero-order valence-electron chi connectivity index (χ0n) is 15.3. The molecule has 0 radical (unpaired) electrons. The molecule has 28 heavy (non-hydrogen) atoms. The largest absolute Gasteiger partial charge is 0.338 e. The Balaban J connectivity index is 1.52. The van der Waals surface area contributed by atoms with Gasteiger partial charge in [0, 0.05) is 18.2 Å². The average Bonchev–Trinajstić information content (AvgIpc) is 3.33. The van der Waals surface area contributed by atoms with Gasteiger partial charge in [-0.15, -0.1) is 0 Å². The zero-order chi connectivity index (χ0) is 19.7. The highest BCUT2D eigenvalue weighted by molar-refractivity contribution is 7.92. The second-order valence-corrected chi connectivity index (χ2v) is 8.55. The summed E-state index contributed by atoms with van der Waals surface area (Å²) in [5, 5.41) is 6.68. The minimum atomic E-state index is -3.72. The van der Waals surface area contributed by atoms with Crippen molar-refractivity contribution in [3.8, 4) is 0 Å². The van der Waals surface area contributed by atoms with Crippen molar-refractivity contribution < 1.29 is 17.7 Å². The van der Waals surface area contributed by atoms with Crippen molar-refractivity contribution in [3.05, 3.63) is 71.4 Å². The minimum Gasteiger partial charge on any atom is -0.338 e. The molecule has 0 saturated heterocycles. The second-order valence-electron chi connectivity index (χ2n) is 6.58. The maximum atomic E-state index is 12.8. The van der Waals surface area contributed by atoms with Crippen LogP contribution in [0, 0.1) is 0 Å². The molecular weight excluding hydrogens is 378 g/mol. The van der Waals surface area contributed by atoms with Crippen molar-refractivity contribution in [2.75, 3.05) is 16.7 Å². The van der Waals surface area contributed by atoms with Crippen LogP contribution in [0.2, 0.25) is 0 Å². The van der Waals surface area contributed by atoms with E-state index in [2.05, 4.69) is 10.5 Å². The zero-order valence-corrected chi connectivity index (χ0v) is 16.1. The van der Waals surface area contributed by atoms with E-state index >= 15 is 0 Å². The van der Waals surface area contributed by atoms with Crippen molar-refractivity contribution in [1.29, 1.82) is 0 Å². The summed E-state index contributed by atoms with van der Waals surface area (Å²) >= 11 is 0. The van der Waals surface area contributed by atoms with E-state index < -0.39 is 10.0 Å². The maximum absolute atomic E-state index is 12.8. The van der Waals surface area contributed by atoms with Gasteiger partial charge in [0.1, 0.15) is 0 Å². The van der Waals surface area contributed by atoms with Crippen LogP contribution in [0.15, 0.2) is 64.0 Å². The fraction of sp³-hybridized carbons (Fsp3) is 0.200. The first kappa shape index (κ1) is 18.2. The van der Waals surface area contributed by atoms with Crippen LogP contribution in [0.4, 0.5) is 11.6 Å². The van der Waals surface area contributed by atoms with Gasteiger partial charge >= 0.3 is 0 Å². The first-order chi connectivity index (χ1) is 13.5.